The Morgan fingerprint density at radius 1 is 0.865 bits per heavy atom. The number of hydrogen-bond donors (Lipinski definition) is 3. The molecular weight excluding hydrogens is 486 g/mol. The summed E-state index contributed by atoms with van der Waals surface area (Å²) in [4.78, 5) is 11.8. The van der Waals surface area contributed by atoms with E-state index in [1.54, 1.807) is 42.5 Å². The lowest BCUT2D eigenvalue weighted by Crippen LogP contribution is -2.32. The van der Waals surface area contributed by atoms with Gasteiger partial charge in [0.1, 0.15) is 11.6 Å². The number of rotatable bonds is 9. The number of hydrogen-bond acceptors (Lipinski definition) is 7. The third-order valence-corrected chi connectivity index (χ3v) is 7.66. The van der Waals surface area contributed by atoms with Crippen molar-refractivity contribution in [1.29, 1.82) is 0 Å². The van der Waals surface area contributed by atoms with Crippen LogP contribution in [0.15, 0.2) is 89.8 Å². The van der Waals surface area contributed by atoms with Crippen molar-refractivity contribution >= 4 is 21.8 Å². The highest BCUT2D eigenvalue weighted by molar-refractivity contribution is 7.92. The molecule has 1 aliphatic heterocycles. The molecule has 3 aromatic carbocycles. The normalized spacial score (nSPS) is 13.6. The molecule has 190 valence electrons. The summed E-state index contributed by atoms with van der Waals surface area (Å²) in [5.41, 5.74) is 3.90. The Morgan fingerprint density at radius 2 is 1.57 bits per heavy atom. The van der Waals surface area contributed by atoms with Crippen LogP contribution in [-0.4, -0.2) is 41.5 Å². The Bertz CT molecular complexity index is 1450. The molecular formula is C28H29N5O3S. The van der Waals surface area contributed by atoms with Crippen molar-refractivity contribution < 1.29 is 13.5 Å². The van der Waals surface area contributed by atoms with Gasteiger partial charge < -0.3 is 10.4 Å². The topological polar surface area (TPSA) is 107 Å². The molecule has 8 nitrogen and oxygen atoms in total. The molecule has 0 saturated heterocycles. The molecule has 2 heterocycles. The predicted octanol–water partition coefficient (Wildman–Crippen LogP) is 4.20. The molecule has 9 heteroatoms. The van der Waals surface area contributed by atoms with E-state index in [4.69, 9.17) is 4.98 Å². The first kappa shape index (κ1) is 24.7. The summed E-state index contributed by atoms with van der Waals surface area (Å²) in [5, 5.41) is 12.7. The van der Waals surface area contributed by atoms with Crippen LogP contribution in [0.3, 0.4) is 0 Å². The van der Waals surface area contributed by atoms with Gasteiger partial charge in [-0.25, -0.2) is 13.4 Å². The first-order valence-electron chi connectivity index (χ1n) is 12.2. The number of sulfonamides is 1. The summed E-state index contributed by atoms with van der Waals surface area (Å²) in [7, 11) is -3.82. The fourth-order valence-corrected chi connectivity index (χ4v) is 5.43. The van der Waals surface area contributed by atoms with E-state index >= 15 is 0 Å². The molecule has 1 aliphatic rings. The number of aromatic nitrogens is 2. The zero-order valence-electron chi connectivity index (χ0n) is 20.3. The van der Waals surface area contributed by atoms with E-state index < -0.39 is 10.0 Å². The van der Waals surface area contributed by atoms with E-state index in [2.05, 4.69) is 32.1 Å². The summed E-state index contributed by atoms with van der Waals surface area (Å²) in [5.74, 6) is 0.921. The minimum atomic E-state index is -3.82. The largest absolute Gasteiger partial charge is 0.508 e. The second-order valence-corrected chi connectivity index (χ2v) is 10.7. The average molecular weight is 516 g/mol. The van der Waals surface area contributed by atoms with Gasteiger partial charge in [-0.2, -0.15) is 4.98 Å². The van der Waals surface area contributed by atoms with E-state index in [1.807, 2.05) is 30.3 Å². The molecule has 5 rings (SSSR count). The molecule has 0 fully saturated rings. The number of phenols is 1. The van der Waals surface area contributed by atoms with Gasteiger partial charge in [-0.1, -0.05) is 60.7 Å². The fraction of sp³-hybridized carbons (Fsp3) is 0.214. The number of anilines is 2. The van der Waals surface area contributed by atoms with E-state index in [1.165, 1.54) is 5.56 Å². The summed E-state index contributed by atoms with van der Waals surface area (Å²) >= 11 is 0. The van der Waals surface area contributed by atoms with Crippen LogP contribution in [0.4, 0.5) is 11.8 Å². The highest BCUT2D eigenvalue weighted by atomic mass is 32.2. The SMILES string of the molecule is O=S(=O)(Nc1nc(NCCc2ccc(O)cc2)nc2c1CN(Cc1ccccc1)CC2)c1ccccc1. The molecule has 0 saturated carbocycles. The minimum Gasteiger partial charge on any atom is -0.508 e. The van der Waals surface area contributed by atoms with Gasteiger partial charge in [-0.05, 0) is 41.8 Å². The van der Waals surface area contributed by atoms with E-state index in [9.17, 15) is 13.5 Å². The number of nitrogens with zero attached hydrogens (tertiary/aromatic N) is 3. The molecule has 37 heavy (non-hydrogen) atoms. The van der Waals surface area contributed by atoms with Gasteiger partial charge in [0.05, 0.1) is 10.6 Å². The zero-order chi connectivity index (χ0) is 25.7. The number of phenolic OH excluding ortho intramolecular Hbond substituents is 1. The number of nitrogens with one attached hydrogen (secondary N) is 2. The lowest BCUT2D eigenvalue weighted by molar-refractivity contribution is 0.243. The molecule has 0 spiro atoms. The van der Waals surface area contributed by atoms with Crippen LogP contribution < -0.4 is 10.0 Å². The second-order valence-electron chi connectivity index (χ2n) is 9.03. The molecule has 0 amide bonds. The highest BCUT2D eigenvalue weighted by Crippen LogP contribution is 2.28. The zero-order valence-corrected chi connectivity index (χ0v) is 21.2. The van der Waals surface area contributed by atoms with Crippen molar-refractivity contribution in [1.82, 2.24) is 14.9 Å². The van der Waals surface area contributed by atoms with Gasteiger partial charge in [-0.3, -0.25) is 9.62 Å². The van der Waals surface area contributed by atoms with Crippen molar-refractivity contribution in [3.8, 4) is 5.75 Å². The summed E-state index contributed by atoms with van der Waals surface area (Å²) in [6, 6.07) is 25.6. The van der Waals surface area contributed by atoms with Crippen LogP contribution in [-0.2, 0) is 36.0 Å². The summed E-state index contributed by atoms with van der Waals surface area (Å²) < 4.78 is 29.1. The maximum absolute atomic E-state index is 13.2. The summed E-state index contributed by atoms with van der Waals surface area (Å²) in [6.45, 7) is 2.69. The van der Waals surface area contributed by atoms with Crippen LogP contribution >= 0.6 is 0 Å². The van der Waals surface area contributed by atoms with Crippen molar-refractivity contribution in [2.24, 2.45) is 0 Å². The first-order chi connectivity index (χ1) is 18.0. The van der Waals surface area contributed by atoms with Gasteiger partial charge in [0, 0.05) is 38.2 Å². The smallest absolute Gasteiger partial charge is 0.263 e. The van der Waals surface area contributed by atoms with E-state index in [0.29, 0.717) is 37.7 Å². The predicted molar refractivity (Wildman–Crippen MR) is 144 cm³/mol. The van der Waals surface area contributed by atoms with Crippen molar-refractivity contribution in [2.45, 2.75) is 30.8 Å². The van der Waals surface area contributed by atoms with Gasteiger partial charge in [0.15, 0.2) is 0 Å². The van der Waals surface area contributed by atoms with Crippen molar-refractivity contribution in [2.75, 3.05) is 23.1 Å². The van der Waals surface area contributed by atoms with Crippen LogP contribution in [0.25, 0.3) is 0 Å². The maximum Gasteiger partial charge on any atom is 0.263 e. The number of aromatic hydroxyl groups is 1. The molecule has 0 bridgehead atoms. The first-order valence-corrected chi connectivity index (χ1v) is 13.7. The Balaban J connectivity index is 1.39. The molecule has 3 N–H and O–H groups in total. The van der Waals surface area contributed by atoms with Crippen molar-refractivity contribution in [3.05, 3.63) is 107 Å². The molecule has 0 unspecified atom stereocenters. The van der Waals surface area contributed by atoms with Gasteiger partial charge >= 0.3 is 0 Å². The monoisotopic (exact) mass is 515 g/mol. The van der Waals surface area contributed by atoms with Crippen LogP contribution in [0, 0.1) is 0 Å². The van der Waals surface area contributed by atoms with Gasteiger partial charge in [-0.15, -0.1) is 0 Å². The third kappa shape index (κ3) is 6.25. The quantitative estimate of drug-likeness (QED) is 0.307. The average Bonchev–Trinajstić information content (AvgIpc) is 2.91. The number of fused-ring (bicyclic) bond motifs is 1. The molecule has 0 atom stereocenters. The molecule has 0 radical (unpaired) electrons. The Hall–Kier alpha value is -3.95. The lowest BCUT2D eigenvalue weighted by Gasteiger charge is -2.29. The summed E-state index contributed by atoms with van der Waals surface area (Å²) in [6.07, 6.45) is 1.40. The molecule has 0 aliphatic carbocycles. The van der Waals surface area contributed by atoms with Crippen LogP contribution in [0.2, 0.25) is 0 Å². The Kier molecular flexibility index (Phi) is 7.34. The molecule has 4 aromatic rings. The van der Waals surface area contributed by atoms with E-state index in [-0.39, 0.29) is 10.6 Å². The molecule has 1 aromatic heterocycles. The van der Waals surface area contributed by atoms with Crippen LogP contribution in [0.5, 0.6) is 5.75 Å². The number of benzene rings is 3. The van der Waals surface area contributed by atoms with Gasteiger partial charge in [0.2, 0.25) is 5.95 Å². The second kappa shape index (κ2) is 11.0. The van der Waals surface area contributed by atoms with Crippen LogP contribution in [0.1, 0.15) is 22.4 Å². The van der Waals surface area contributed by atoms with E-state index in [0.717, 1.165) is 29.9 Å². The van der Waals surface area contributed by atoms with Gasteiger partial charge in [0.25, 0.3) is 10.0 Å². The highest BCUT2D eigenvalue weighted by Gasteiger charge is 2.25. The third-order valence-electron chi connectivity index (χ3n) is 6.31. The minimum absolute atomic E-state index is 0.182. The lowest BCUT2D eigenvalue weighted by atomic mass is 10.1. The standard InChI is InChI=1S/C28H29N5O3S/c34-23-13-11-21(12-14-23)15-17-29-28-30-26-16-18-33(19-22-7-3-1-4-8-22)20-25(26)27(31-28)32-37(35,36)24-9-5-2-6-10-24/h1-14,34H,15-20H2,(H2,29,30,31,32). The van der Waals surface area contributed by atoms with Crippen molar-refractivity contribution in [3.63, 3.8) is 0 Å². The Morgan fingerprint density at radius 3 is 2.30 bits per heavy atom. The maximum atomic E-state index is 13.2. The Labute approximate surface area is 217 Å². The fourth-order valence-electron chi connectivity index (χ4n) is 4.38.